The number of ketones is 1. The third-order valence-electron chi connectivity index (χ3n) is 2.50. The van der Waals surface area contributed by atoms with Crippen LogP contribution in [0.5, 0.6) is 0 Å². The summed E-state index contributed by atoms with van der Waals surface area (Å²) in [5.41, 5.74) is -1.91. The number of halogens is 1. The third-order valence-corrected chi connectivity index (χ3v) is 3.57. The molecule has 1 unspecified atom stereocenters. The second-order valence-electron chi connectivity index (χ2n) is 3.81. The molecule has 1 atom stereocenters. The van der Waals surface area contributed by atoms with Crippen molar-refractivity contribution in [2.75, 3.05) is 13.2 Å². The first-order valence-electron chi connectivity index (χ1n) is 5.88. The highest BCUT2D eigenvalue weighted by Gasteiger charge is 2.52. The van der Waals surface area contributed by atoms with Crippen molar-refractivity contribution in [2.24, 2.45) is 5.41 Å². The van der Waals surface area contributed by atoms with Crippen LogP contribution in [-0.2, 0) is 23.9 Å². The van der Waals surface area contributed by atoms with Gasteiger partial charge in [-0.2, -0.15) is 0 Å². The van der Waals surface area contributed by atoms with Gasteiger partial charge in [0.05, 0.1) is 18.0 Å². The first-order valence-corrected chi connectivity index (χ1v) is 6.80. The van der Waals surface area contributed by atoms with Gasteiger partial charge in [0.1, 0.15) is 0 Å². The standard InChI is InChI=1S/C12H19BrO5/c1-5-8(13)9(14)12(4,10(15)17-6-2)11(16)18-7-3/h8H,5-7H2,1-4H3. The van der Waals surface area contributed by atoms with Crippen molar-refractivity contribution in [2.45, 2.75) is 38.9 Å². The van der Waals surface area contributed by atoms with E-state index in [1.807, 2.05) is 0 Å². The third kappa shape index (κ3) is 3.54. The fourth-order valence-corrected chi connectivity index (χ4v) is 1.79. The molecule has 0 N–H and O–H groups in total. The summed E-state index contributed by atoms with van der Waals surface area (Å²) in [6.45, 7) is 6.43. The fourth-order valence-electron chi connectivity index (χ4n) is 1.33. The maximum Gasteiger partial charge on any atom is 0.330 e. The molecule has 0 aromatic carbocycles. The molecule has 6 heteroatoms. The smallest absolute Gasteiger partial charge is 0.330 e. The Hall–Kier alpha value is -0.910. The van der Waals surface area contributed by atoms with Gasteiger partial charge in [0.15, 0.2) is 5.78 Å². The highest BCUT2D eigenvalue weighted by atomic mass is 79.9. The van der Waals surface area contributed by atoms with Crippen LogP contribution < -0.4 is 0 Å². The monoisotopic (exact) mass is 322 g/mol. The number of ether oxygens (including phenoxy) is 2. The van der Waals surface area contributed by atoms with E-state index in [4.69, 9.17) is 9.47 Å². The van der Waals surface area contributed by atoms with Gasteiger partial charge in [0, 0.05) is 0 Å². The lowest BCUT2D eigenvalue weighted by molar-refractivity contribution is -0.173. The fraction of sp³-hybridized carbons (Fsp3) is 0.750. The normalized spacial score (nSPS) is 12.7. The van der Waals surface area contributed by atoms with E-state index in [9.17, 15) is 14.4 Å². The van der Waals surface area contributed by atoms with Crippen molar-refractivity contribution in [1.82, 2.24) is 0 Å². The minimum atomic E-state index is -1.91. The van der Waals surface area contributed by atoms with Gasteiger partial charge >= 0.3 is 11.9 Å². The quantitative estimate of drug-likeness (QED) is 0.406. The molecule has 0 amide bonds. The molecule has 0 bridgehead atoms. The van der Waals surface area contributed by atoms with Crippen molar-refractivity contribution in [3.8, 4) is 0 Å². The second kappa shape index (κ2) is 7.51. The Morgan fingerprint density at radius 2 is 1.44 bits per heavy atom. The van der Waals surface area contributed by atoms with Crippen molar-refractivity contribution in [1.29, 1.82) is 0 Å². The second-order valence-corrected chi connectivity index (χ2v) is 4.91. The van der Waals surface area contributed by atoms with Gasteiger partial charge in [-0.1, -0.05) is 22.9 Å². The highest BCUT2D eigenvalue weighted by Crippen LogP contribution is 2.27. The molecule has 0 saturated heterocycles. The predicted octanol–water partition coefficient (Wildman–Crippen LogP) is 1.86. The highest BCUT2D eigenvalue weighted by molar-refractivity contribution is 9.10. The van der Waals surface area contributed by atoms with E-state index < -0.39 is 28.0 Å². The van der Waals surface area contributed by atoms with Gasteiger partial charge in [-0.05, 0) is 27.2 Å². The maximum absolute atomic E-state index is 12.2. The Morgan fingerprint density at radius 1 is 1.06 bits per heavy atom. The lowest BCUT2D eigenvalue weighted by atomic mass is 9.83. The number of carbonyl (C=O) groups excluding carboxylic acids is 3. The summed E-state index contributed by atoms with van der Waals surface area (Å²) in [6.07, 6.45) is 0.466. The van der Waals surface area contributed by atoms with Crippen LogP contribution in [0.4, 0.5) is 0 Å². The van der Waals surface area contributed by atoms with Crippen LogP contribution in [-0.4, -0.2) is 35.8 Å². The Labute approximate surface area is 115 Å². The van der Waals surface area contributed by atoms with E-state index in [0.717, 1.165) is 0 Å². The molecule has 5 nitrogen and oxygen atoms in total. The van der Waals surface area contributed by atoms with E-state index in [2.05, 4.69) is 15.9 Å². The van der Waals surface area contributed by atoms with Gasteiger partial charge in [0.25, 0.3) is 0 Å². The number of hydrogen-bond donors (Lipinski definition) is 0. The zero-order valence-electron chi connectivity index (χ0n) is 11.1. The largest absolute Gasteiger partial charge is 0.465 e. The van der Waals surface area contributed by atoms with Crippen LogP contribution in [0, 0.1) is 5.41 Å². The van der Waals surface area contributed by atoms with Crippen LogP contribution in [0.1, 0.15) is 34.1 Å². The zero-order valence-corrected chi connectivity index (χ0v) is 12.7. The molecule has 0 heterocycles. The molecule has 0 aromatic rings. The summed E-state index contributed by atoms with van der Waals surface area (Å²) < 4.78 is 9.62. The van der Waals surface area contributed by atoms with Gasteiger partial charge in [-0.15, -0.1) is 0 Å². The number of carbonyl (C=O) groups is 3. The summed E-state index contributed by atoms with van der Waals surface area (Å²) in [4.78, 5) is 35.4. The molecule has 0 radical (unpaired) electrons. The molecule has 0 aliphatic carbocycles. The van der Waals surface area contributed by atoms with Crippen molar-refractivity contribution >= 4 is 33.7 Å². The van der Waals surface area contributed by atoms with E-state index in [1.165, 1.54) is 6.92 Å². The minimum Gasteiger partial charge on any atom is -0.465 e. The number of hydrogen-bond acceptors (Lipinski definition) is 5. The van der Waals surface area contributed by atoms with Gasteiger partial charge < -0.3 is 9.47 Å². The Balaban J connectivity index is 5.33. The summed E-state index contributed by atoms with van der Waals surface area (Å²) in [7, 11) is 0. The Kier molecular flexibility index (Phi) is 7.13. The van der Waals surface area contributed by atoms with Crippen LogP contribution in [0.25, 0.3) is 0 Å². The molecule has 0 aliphatic rings. The summed E-state index contributed by atoms with van der Waals surface area (Å²) >= 11 is 3.15. The first-order chi connectivity index (χ1) is 8.35. The summed E-state index contributed by atoms with van der Waals surface area (Å²) in [5.74, 6) is -2.28. The number of esters is 2. The van der Waals surface area contributed by atoms with Crippen molar-refractivity contribution < 1.29 is 23.9 Å². The molecule has 0 fully saturated rings. The summed E-state index contributed by atoms with van der Waals surface area (Å²) in [5, 5.41) is 0. The predicted molar refractivity (Wildman–Crippen MR) is 69.4 cm³/mol. The molecule has 0 rings (SSSR count). The molecule has 0 aromatic heterocycles. The van der Waals surface area contributed by atoms with Gasteiger partial charge in [0.2, 0.25) is 5.41 Å². The first kappa shape index (κ1) is 17.1. The lowest BCUT2D eigenvalue weighted by Crippen LogP contribution is -2.49. The zero-order chi connectivity index (χ0) is 14.3. The topological polar surface area (TPSA) is 69.7 Å². The van der Waals surface area contributed by atoms with Gasteiger partial charge in [-0.3, -0.25) is 14.4 Å². The van der Waals surface area contributed by atoms with E-state index in [-0.39, 0.29) is 13.2 Å². The Bertz CT molecular complexity index is 308. The Morgan fingerprint density at radius 3 is 1.72 bits per heavy atom. The van der Waals surface area contributed by atoms with Crippen LogP contribution in [0.2, 0.25) is 0 Å². The van der Waals surface area contributed by atoms with Crippen LogP contribution in [0.3, 0.4) is 0 Å². The lowest BCUT2D eigenvalue weighted by Gasteiger charge is -2.25. The van der Waals surface area contributed by atoms with Crippen molar-refractivity contribution in [3.63, 3.8) is 0 Å². The average molecular weight is 323 g/mol. The summed E-state index contributed by atoms with van der Waals surface area (Å²) in [6, 6.07) is 0. The SMILES string of the molecule is CCOC(=O)C(C)(C(=O)OCC)C(=O)C(Br)CC. The molecule has 0 spiro atoms. The molecular weight excluding hydrogens is 304 g/mol. The molecule has 18 heavy (non-hydrogen) atoms. The maximum atomic E-state index is 12.2. The van der Waals surface area contributed by atoms with Gasteiger partial charge in [-0.25, -0.2) is 0 Å². The molecular formula is C12H19BrO5. The van der Waals surface area contributed by atoms with Crippen LogP contribution in [0.15, 0.2) is 0 Å². The van der Waals surface area contributed by atoms with E-state index >= 15 is 0 Å². The minimum absolute atomic E-state index is 0.0974. The van der Waals surface area contributed by atoms with Crippen LogP contribution >= 0.6 is 15.9 Å². The molecule has 0 aliphatic heterocycles. The van der Waals surface area contributed by atoms with E-state index in [0.29, 0.717) is 6.42 Å². The molecule has 0 saturated carbocycles. The number of alkyl halides is 1. The average Bonchev–Trinajstić information content (AvgIpc) is 2.36. The number of Topliss-reactive ketones (excluding diaryl/α,β-unsaturated/α-hetero) is 1. The van der Waals surface area contributed by atoms with E-state index in [1.54, 1.807) is 20.8 Å². The molecule has 104 valence electrons. The number of rotatable bonds is 7. The van der Waals surface area contributed by atoms with Crippen molar-refractivity contribution in [3.05, 3.63) is 0 Å².